The molecule has 0 aliphatic carbocycles. The summed E-state index contributed by atoms with van der Waals surface area (Å²) < 4.78 is 3.08. The zero-order chi connectivity index (χ0) is 16.1. The highest BCUT2D eigenvalue weighted by Gasteiger charge is 2.16. The molecule has 0 amide bonds. The Morgan fingerprint density at radius 3 is 2.48 bits per heavy atom. The number of nitrogens with zero attached hydrogens (tertiary/aromatic N) is 3. The third kappa shape index (κ3) is 3.83. The van der Waals surface area contributed by atoms with Gasteiger partial charge in [-0.3, -0.25) is 4.57 Å². The van der Waals surface area contributed by atoms with Crippen molar-refractivity contribution in [3.05, 3.63) is 64.6 Å². The van der Waals surface area contributed by atoms with Crippen molar-refractivity contribution in [1.29, 1.82) is 0 Å². The molecule has 3 aromatic rings. The van der Waals surface area contributed by atoms with Crippen LogP contribution in [-0.4, -0.2) is 32.2 Å². The third-order valence-corrected chi connectivity index (χ3v) is 4.98. The summed E-state index contributed by atoms with van der Waals surface area (Å²) in [5, 5.41) is 18.6. The number of hydrogen-bond acceptors (Lipinski definition) is 4. The monoisotopic (exact) mass is 389 g/mol. The second-order valence-electron chi connectivity index (χ2n) is 4.93. The predicted octanol–water partition coefficient (Wildman–Crippen LogP) is 3.84. The minimum absolute atomic E-state index is 0.118. The molecule has 0 atom stereocenters. The van der Waals surface area contributed by atoms with Gasteiger partial charge in [0.25, 0.3) is 0 Å². The Kier molecular flexibility index (Phi) is 5.48. The van der Waals surface area contributed by atoms with E-state index in [0.717, 1.165) is 21.0 Å². The summed E-state index contributed by atoms with van der Waals surface area (Å²) in [5.74, 6) is 1.42. The molecule has 0 bridgehead atoms. The first kappa shape index (κ1) is 16.2. The Labute approximate surface area is 147 Å². The van der Waals surface area contributed by atoms with Crippen LogP contribution in [0.1, 0.15) is 5.56 Å². The van der Waals surface area contributed by atoms with Crippen LogP contribution >= 0.6 is 27.7 Å². The van der Waals surface area contributed by atoms with E-state index in [1.165, 1.54) is 17.3 Å². The summed E-state index contributed by atoms with van der Waals surface area (Å²) in [6.07, 6.45) is 0. The lowest BCUT2D eigenvalue weighted by atomic mass is 10.2. The summed E-state index contributed by atoms with van der Waals surface area (Å²) in [6, 6.07) is 18.2. The molecule has 1 heterocycles. The van der Waals surface area contributed by atoms with E-state index in [2.05, 4.69) is 42.8 Å². The van der Waals surface area contributed by atoms with E-state index in [1.54, 1.807) is 0 Å². The van der Waals surface area contributed by atoms with Crippen LogP contribution in [0, 0.1) is 0 Å². The molecule has 1 N–H and O–H groups in total. The van der Waals surface area contributed by atoms with E-state index in [0.29, 0.717) is 12.3 Å². The van der Waals surface area contributed by atoms with Crippen molar-refractivity contribution >= 4 is 27.7 Å². The second-order valence-corrected chi connectivity index (χ2v) is 6.85. The van der Waals surface area contributed by atoms with E-state index < -0.39 is 0 Å². The highest BCUT2D eigenvalue weighted by atomic mass is 79.9. The van der Waals surface area contributed by atoms with Crippen molar-refractivity contribution in [1.82, 2.24) is 14.8 Å². The zero-order valence-corrected chi connectivity index (χ0v) is 14.8. The van der Waals surface area contributed by atoms with Crippen molar-refractivity contribution in [2.24, 2.45) is 0 Å². The Balaban J connectivity index is 2.02. The Morgan fingerprint density at radius 1 is 1.00 bits per heavy atom. The molecule has 0 aliphatic rings. The van der Waals surface area contributed by atoms with Gasteiger partial charge in [0.1, 0.15) is 0 Å². The number of aliphatic hydroxyl groups excluding tert-OH is 1. The van der Waals surface area contributed by atoms with E-state index in [4.69, 9.17) is 5.11 Å². The van der Waals surface area contributed by atoms with Gasteiger partial charge < -0.3 is 5.11 Å². The molecule has 0 radical (unpaired) electrons. The lowest BCUT2D eigenvalue weighted by molar-refractivity contribution is 0.322. The van der Waals surface area contributed by atoms with Crippen LogP contribution in [-0.2, 0) is 6.54 Å². The van der Waals surface area contributed by atoms with Crippen LogP contribution in [0.3, 0.4) is 0 Å². The van der Waals surface area contributed by atoms with Gasteiger partial charge in [0.15, 0.2) is 11.0 Å². The highest BCUT2D eigenvalue weighted by molar-refractivity contribution is 9.10. The average Bonchev–Trinajstić information content (AvgIpc) is 2.97. The molecule has 0 aliphatic heterocycles. The second kappa shape index (κ2) is 7.77. The van der Waals surface area contributed by atoms with Crippen molar-refractivity contribution < 1.29 is 5.11 Å². The molecule has 23 heavy (non-hydrogen) atoms. The molecule has 1 aromatic heterocycles. The maximum atomic E-state index is 9.09. The van der Waals surface area contributed by atoms with E-state index in [1.807, 2.05) is 42.5 Å². The predicted molar refractivity (Wildman–Crippen MR) is 96.5 cm³/mol. The first-order chi connectivity index (χ1) is 11.3. The molecule has 0 unspecified atom stereocenters. The molecule has 3 rings (SSSR count). The molecule has 6 heteroatoms. The minimum Gasteiger partial charge on any atom is -0.396 e. The molecule has 0 fully saturated rings. The Morgan fingerprint density at radius 2 is 1.74 bits per heavy atom. The minimum atomic E-state index is 0.118. The number of rotatable bonds is 6. The normalized spacial score (nSPS) is 10.9. The summed E-state index contributed by atoms with van der Waals surface area (Å²) in [5.41, 5.74) is 2.19. The molecule has 0 saturated carbocycles. The number of hydrogen-bond donors (Lipinski definition) is 1. The standard InChI is InChI=1S/C17H16BrN3OS/c18-15-9-5-4-8-14(15)16-19-20-17(23-11-10-22)21(16)12-13-6-2-1-3-7-13/h1-9,22H,10-12H2. The third-order valence-electron chi connectivity index (χ3n) is 3.34. The summed E-state index contributed by atoms with van der Waals surface area (Å²) in [6.45, 7) is 0.811. The van der Waals surface area contributed by atoms with Gasteiger partial charge in [0, 0.05) is 15.8 Å². The van der Waals surface area contributed by atoms with Crippen molar-refractivity contribution in [2.45, 2.75) is 11.7 Å². The van der Waals surface area contributed by atoms with Gasteiger partial charge in [0.2, 0.25) is 0 Å². The highest BCUT2D eigenvalue weighted by Crippen LogP contribution is 2.30. The first-order valence-corrected chi connectivity index (χ1v) is 9.03. The van der Waals surface area contributed by atoms with Gasteiger partial charge in [-0.25, -0.2) is 0 Å². The zero-order valence-electron chi connectivity index (χ0n) is 12.4. The summed E-state index contributed by atoms with van der Waals surface area (Å²) in [7, 11) is 0. The maximum absolute atomic E-state index is 9.09. The van der Waals surface area contributed by atoms with Crippen LogP contribution in [0.15, 0.2) is 64.2 Å². The first-order valence-electron chi connectivity index (χ1n) is 7.25. The van der Waals surface area contributed by atoms with Crippen molar-refractivity contribution in [2.75, 3.05) is 12.4 Å². The number of benzene rings is 2. The lowest BCUT2D eigenvalue weighted by Crippen LogP contribution is -2.05. The van der Waals surface area contributed by atoms with Gasteiger partial charge in [0.05, 0.1) is 13.2 Å². The maximum Gasteiger partial charge on any atom is 0.191 e. The largest absolute Gasteiger partial charge is 0.396 e. The fourth-order valence-electron chi connectivity index (χ4n) is 2.28. The fraction of sp³-hybridized carbons (Fsp3) is 0.176. The molecular weight excluding hydrogens is 374 g/mol. The fourth-order valence-corrected chi connectivity index (χ4v) is 3.42. The molecular formula is C17H16BrN3OS. The summed E-state index contributed by atoms with van der Waals surface area (Å²) >= 11 is 5.10. The van der Waals surface area contributed by atoms with E-state index in [9.17, 15) is 0 Å². The van der Waals surface area contributed by atoms with Crippen LogP contribution in [0.25, 0.3) is 11.4 Å². The van der Waals surface area contributed by atoms with Gasteiger partial charge >= 0.3 is 0 Å². The van der Waals surface area contributed by atoms with Gasteiger partial charge in [-0.1, -0.05) is 76.2 Å². The van der Waals surface area contributed by atoms with Crippen LogP contribution in [0.2, 0.25) is 0 Å². The van der Waals surface area contributed by atoms with E-state index in [-0.39, 0.29) is 6.61 Å². The quantitative estimate of drug-likeness (QED) is 0.650. The number of thioether (sulfide) groups is 1. The van der Waals surface area contributed by atoms with Crippen LogP contribution < -0.4 is 0 Å². The SMILES string of the molecule is OCCSc1nnc(-c2ccccc2Br)n1Cc1ccccc1. The molecule has 4 nitrogen and oxygen atoms in total. The van der Waals surface area contributed by atoms with Crippen LogP contribution in [0.5, 0.6) is 0 Å². The van der Waals surface area contributed by atoms with Gasteiger partial charge in [-0.2, -0.15) is 0 Å². The number of aromatic nitrogens is 3. The Bertz CT molecular complexity index is 777. The number of aliphatic hydroxyl groups is 1. The topological polar surface area (TPSA) is 50.9 Å². The smallest absolute Gasteiger partial charge is 0.191 e. The Hall–Kier alpha value is -1.63. The molecule has 0 spiro atoms. The lowest BCUT2D eigenvalue weighted by Gasteiger charge is -2.11. The molecule has 118 valence electrons. The van der Waals surface area contributed by atoms with Crippen molar-refractivity contribution in [3.8, 4) is 11.4 Å². The average molecular weight is 390 g/mol. The molecule has 0 saturated heterocycles. The van der Waals surface area contributed by atoms with Crippen LogP contribution in [0.4, 0.5) is 0 Å². The van der Waals surface area contributed by atoms with Gasteiger partial charge in [-0.15, -0.1) is 10.2 Å². The molecule has 2 aromatic carbocycles. The van der Waals surface area contributed by atoms with Crippen molar-refractivity contribution in [3.63, 3.8) is 0 Å². The summed E-state index contributed by atoms with van der Waals surface area (Å²) in [4.78, 5) is 0. The number of halogens is 1. The van der Waals surface area contributed by atoms with Gasteiger partial charge in [-0.05, 0) is 11.6 Å². The van der Waals surface area contributed by atoms with E-state index >= 15 is 0 Å².